The van der Waals surface area contributed by atoms with Crippen LogP contribution in [0.25, 0.3) is 0 Å². The molecule has 0 aliphatic rings. The van der Waals surface area contributed by atoms with E-state index >= 15 is 0 Å². The minimum atomic E-state index is -0.819. The molecule has 1 unspecified atom stereocenters. The molecule has 0 N–H and O–H groups in total. The molecular weight excluding hydrogens is 937 g/mol. The van der Waals surface area contributed by atoms with Crippen LogP contribution in [0.3, 0.4) is 0 Å². The van der Waals surface area contributed by atoms with E-state index in [1.165, 1.54) is 180 Å². The Balaban J connectivity index is 4.44. The van der Waals surface area contributed by atoms with Gasteiger partial charge in [0, 0.05) is 19.3 Å². The van der Waals surface area contributed by atoms with E-state index in [0.29, 0.717) is 19.3 Å². The second-order valence-electron chi connectivity index (χ2n) is 21.3. The standard InChI is InChI=1S/C70H120O6/c1-4-7-10-13-16-19-22-25-28-31-33-34-35-36-38-39-42-45-48-51-54-57-60-63-69(72)75-66-67(65-74-68(71)62-59-56-53-50-47-44-41-30-27-24-21-18-15-12-9-6-3)76-70(73)64-61-58-55-52-49-46-43-40-37-32-29-26-23-20-17-14-11-8-5-2/h8,11,17,20,22,25-26,29,31,33,37,40,46,49,55,58,67H,4-7,9-10,12-16,18-19,21,23-24,27-28,30,32,34-36,38-39,41-45,47-48,50-54,56-57,59-66H2,1-3H3/b11-8-,20-17-,25-22-,29-26-,33-31-,40-37-,49-46-,58-55-. The van der Waals surface area contributed by atoms with Crippen LogP contribution in [0.5, 0.6) is 0 Å². The largest absolute Gasteiger partial charge is 0.462 e. The Morgan fingerprint density at radius 2 is 0.539 bits per heavy atom. The molecule has 0 aliphatic heterocycles. The molecule has 0 aromatic carbocycles. The Hall–Kier alpha value is -3.67. The summed E-state index contributed by atoms with van der Waals surface area (Å²) >= 11 is 0. The summed E-state index contributed by atoms with van der Waals surface area (Å²) in [6.45, 7) is 6.49. The molecule has 436 valence electrons. The quantitative estimate of drug-likeness (QED) is 0.0261. The monoisotopic (exact) mass is 1060 g/mol. The van der Waals surface area contributed by atoms with Crippen LogP contribution in [0.2, 0.25) is 0 Å². The van der Waals surface area contributed by atoms with Gasteiger partial charge in [0.1, 0.15) is 13.2 Å². The molecule has 0 aliphatic carbocycles. The highest BCUT2D eigenvalue weighted by atomic mass is 16.6. The lowest BCUT2D eigenvalue weighted by Crippen LogP contribution is -2.30. The Labute approximate surface area is 470 Å². The number of carbonyl (C=O) groups is 3. The lowest BCUT2D eigenvalue weighted by molar-refractivity contribution is -0.166. The average Bonchev–Trinajstić information content (AvgIpc) is 3.42. The molecule has 6 heteroatoms. The van der Waals surface area contributed by atoms with E-state index < -0.39 is 6.10 Å². The van der Waals surface area contributed by atoms with E-state index in [-0.39, 0.29) is 37.5 Å². The lowest BCUT2D eigenvalue weighted by Gasteiger charge is -2.18. The number of ether oxygens (including phenoxy) is 3. The highest BCUT2D eigenvalue weighted by Crippen LogP contribution is 2.16. The molecule has 0 amide bonds. The van der Waals surface area contributed by atoms with Crippen LogP contribution in [0.4, 0.5) is 0 Å². The van der Waals surface area contributed by atoms with Gasteiger partial charge in [-0.05, 0) is 89.9 Å². The lowest BCUT2D eigenvalue weighted by atomic mass is 10.0. The maximum atomic E-state index is 12.9. The molecule has 0 heterocycles. The molecule has 0 fully saturated rings. The fourth-order valence-corrected chi connectivity index (χ4v) is 9.03. The summed E-state index contributed by atoms with van der Waals surface area (Å²) in [5, 5.41) is 0. The zero-order valence-corrected chi connectivity index (χ0v) is 50.0. The first-order chi connectivity index (χ1) is 37.5. The minimum absolute atomic E-state index is 0.106. The maximum Gasteiger partial charge on any atom is 0.306 e. The van der Waals surface area contributed by atoms with E-state index in [9.17, 15) is 14.4 Å². The third-order valence-electron chi connectivity index (χ3n) is 13.8. The van der Waals surface area contributed by atoms with Gasteiger partial charge in [-0.3, -0.25) is 14.4 Å². The van der Waals surface area contributed by atoms with Gasteiger partial charge in [0.2, 0.25) is 0 Å². The number of allylic oxidation sites excluding steroid dienone is 16. The maximum absolute atomic E-state index is 12.9. The first-order valence-electron chi connectivity index (χ1n) is 32.2. The predicted molar refractivity (Wildman–Crippen MR) is 330 cm³/mol. The van der Waals surface area contributed by atoms with Crippen molar-refractivity contribution in [2.45, 2.75) is 316 Å². The van der Waals surface area contributed by atoms with Gasteiger partial charge in [-0.2, -0.15) is 0 Å². The van der Waals surface area contributed by atoms with E-state index in [1.807, 2.05) is 6.08 Å². The van der Waals surface area contributed by atoms with Crippen LogP contribution < -0.4 is 0 Å². The number of unbranched alkanes of at least 4 members (excludes halogenated alkanes) is 31. The van der Waals surface area contributed by atoms with E-state index in [0.717, 1.165) is 83.5 Å². The van der Waals surface area contributed by atoms with Crippen LogP contribution in [0, 0.1) is 0 Å². The van der Waals surface area contributed by atoms with Crippen molar-refractivity contribution >= 4 is 17.9 Å². The first-order valence-corrected chi connectivity index (χ1v) is 32.2. The van der Waals surface area contributed by atoms with Crippen LogP contribution in [0.15, 0.2) is 97.2 Å². The zero-order chi connectivity index (χ0) is 55.0. The number of hydrogen-bond donors (Lipinski definition) is 0. The van der Waals surface area contributed by atoms with Gasteiger partial charge in [0.05, 0.1) is 0 Å². The molecule has 0 bridgehead atoms. The van der Waals surface area contributed by atoms with Crippen molar-refractivity contribution in [1.29, 1.82) is 0 Å². The van der Waals surface area contributed by atoms with Gasteiger partial charge >= 0.3 is 17.9 Å². The van der Waals surface area contributed by atoms with Crippen molar-refractivity contribution < 1.29 is 28.6 Å². The molecule has 6 nitrogen and oxygen atoms in total. The number of rotatable bonds is 58. The number of hydrogen-bond acceptors (Lipinski definition) is 6. The van der Waals surface area contributed by atoms with Gasteiger partial charge in [-0.1, -0.05) is 298 Å². The molecule has 76 heavy (non-hydrogen) atoms. The molecule has 0 aromatic rings. The molecule has 1 atom stereocenters. The van der Waals surface area contributed by atoms with Gasteiger partial charge in [-0.25, -0.2) is 0 Å². The van der Waals surface area contributed by atoms with Crippen molar-refractivity contribution in [3.05, 3.63) is 97.2 Å². The van der Waals surface area contributed by atoms with Crippen LogP contribution >= 0.6 is 0 Å². The van der Waals surface area contributed by atoms with Gasteiger partial charge < -0.3 is 14.2 Å². The SMILES string of the molecule is CC/C=C\C/C=C\C/C=C\C/C=C\C/C=C\C/C=C\CCC(=O)OC(COC(=O)CCCCCCCCCCCCC/C=C\C/C=C\CCCCCCC)COC(=O)CCCCCCCCCCCCCCCCCC. The van der Waals surface area contributed by atoms with Gasteiger partial charge in [0.25, 0.3) is 0 Å². The molecule has 0 aromatic heterocycles. The molecule has 0 spiro atoms. The van der Waals surface area contributed by atoms with Crippen molar-refractivity contribution in [2.75, 3.05) is 13.2 Å². The molecule has 0 rings (SSSR count). The number of carbonyl (C=O) groups excluding carboxylic acids is 3. The van der Waals surface area contributed by atoms with Crippen LogP contribution in [-0.2, 0) is 28.6 Å². The van der Waals surface area contributed by atoms with Crippen LogP contribution in [-0.4, -0.2) is 37.2 Å². The summed E-state index contributed by atoms with van der Waals surface area (Å²) in [5.41, 5.74) is 0. The fraction of sp³-hybridized carbons (Fsp3) is 0.729. The second kappa shape index (κ2) is 63.9. The highest BCUT2D eigenvalue weighted by Gasteiger charge is 2.19. The Morgan fingerprint density at radius 1 is 0.276 bits per heavy atom. The summed E-state index contributed by atoms with van der Waals surface area (Å²) in [7, 11) is 0. The predicted octanol–water partition coefficient (Wildman–Crippen LogP) is 22.0. The Kier molecular flexibility index (Phi) is 60.8. The fourth-order valence-electron chi connectivity index (χ4n) is 9.03. The third-order valence-corrected chi connectivity index (χ3v) is 13.8. The third kappa shape index (κ3) is 61.2. The number of esters is 3. The molecule has 0 radical (unpaired) electrons. The summed E-state index contributed by atoms with van der Waals surface area (Å²) in [4.78, 5) is 38.3. The zero-order valence-electron chi connectivity index (χ0n) is 50.0. The summed E-state index contributed by atoms with van der Waals surface area (Å²) in [6, 6.07) is 0. The smallest absolute Gasteiger partial charge is 0.306 e. The Morgan fingerprint density at radius 3 is 0.855 bits per heavy atom. The van der Waals surface area contributed by atoms with Crippen molar-refractivity contribution in [3.63, 3.8) is 0 Å². The second-order valence-corrected chi connectivity index (χ2v) is 21.3. The van der Waals surface area contributed by atoms with E-state index in [2.05, 4.69) is 112 Å². The highest BCUT2D eigenvalue weighted by molar-refractivity contribution is 5.71. The molecule has 0 saturated heterocycles. The first kappa shape index (κ1) is 72.3. The normalized spacial score (nSPS) is 12.7. The van der Waals surface area contributed by atoms with Crippen LogP contribution in [0.1, 0.15) is 310 Å². The molecular formula is C70H120O6. The van der Waals surface area contributed by atoms with E-state index in [4.69, 9.17) is 14.2 Å². The topological polar surface area (TPSA) is 78.9 Å². The van der Waals surface area contributed by atoms with E-state index in [1.54, 1.807) is 0 Å². The van der Waals surface area contributed by atoms with Crippen molar-refractivity contribution in [1.82, 2.24) is 0 Å². The summed E-state index contributed by atoms with van der Waals surface area (Å²) in [5.74, 6) is -0.981. The summed E-state index contributed by atoms with van der Waals surface area (Å²) in [6.07, 6.45) is 85.7. The average molecular weight is 1060 g/mol. The summed E-state index contributed by atoms with van der Waals surface area (Å²) < 4.78 is 16.9. The van der Waals surface area contributed by atoms with Crippen molar-refractivity contribution in [3.8, 4) is 0 Å². The van der Waals surface area contributed by atoms with Crippen molar-refractivity contribution in [2.24, 2.45) is 0 Å². The Bertz CT molecular complexity index is 1490. The molecule has 0 saturated carbocycles. The minimum Gasteiger partial charge on any atom is -0.462 e. The van der Waals surface area contributed by atoms with Gasteiger partial charge in [0.15, 0.2) is 6.10 Å². The van der Waals surface area contributed by atoms with Gasteiger partial charge in [-0.15, -0.1) is 0 Å².